The Labute approximate surface area is 178 Å². The van der Waals surface area contributed by atoms with Crippen LogP contribution in [0.4, 0.5) is 10.6 Å². The van der Waals surface area contributed by atoms with Gasteiger partial charge in [0.05, 0.1) is 34.0 Å². The third kappa shape index (κ3) is 3.71. The van der Waals surface area contributed by atoms with E-state index in [0.717, 1.165) is 16.1 Å². The fourth-order valence-corrected chi connectivity index (χ4v) is 3.87. The number of nitrogens with two attached hydrogens (primary N) is 1. The van der Waals surface area contributed by atoms with Crippen LogP contribution in [0.15, 0.2) is 18.2 Å². The molecule has 3 amide bonds. The average molecular weight is 437 g/mol. The van der Waals surface area contributed by atoms with Crippen molar-refractivity contribution in [3.05, 3.63) is 45.5 Å². The lowest BCUT2D eigenvalue weighted by molar-refractivity contribution is -0.116. The molecule has 0 bridgehead atoms. The maximum atomic E-state index is 13.0. The summed E-state index contributed by atoms with van der Waals surface area (Å²) in [4.78, 5) is 34.6. The van der Waals surface area contributed by atoms with Crippen LogP contribution in [0.1, 0.15) is 30.2 Å². The molecule has 0 saturated heterocycles. The number of anilines is 1. The summed E-state index contributed by atoms with van der Waals surface area (Å²) in [5.41, 5.74) is 7.94. The highest BCUT2D eigenvalue weighted by molar-refractivity contribution is 6.42. The largest absolute Gasteiger partial charge is 0.356 e. The predicted octanol–water partition coefficient (Wildman–Crippen LogP) is 3.75. The van der Waals surface area contributed by atoms with E-state index in [1.807, 2.05) is 31.5 Å². The number of hydrogen-bond acceptors (Lipinski definition) is 4. The van der Waals surface area contributed by atoms with E-state index in [1.54, 1.807) is 19.2 Å². The minimum atomic E-state index is -0.543. The minimum absolute atomic E-state index is 0.0391. The van der Waals surface area contributed by atoms with Gasteiger partial charge in [-0.15, -0.1) is 0 Å². The number of H-pyrrole nitrogens is 1. The summed E-state index contributed by atoms with van der Waals surface area (Å²) in [6, 6.07) is 4.50. The van der Waals surface area contributed by atoms with Crippen LogP contribution in [-0.4, -0.2) is 38.9 Å². The van der Waals surface area contributed by atoms with E-state index in [4.69, 9.17) is 28.9 Å². The molecule has 0 spiro atoms. The fraction of sp³-hybridized carbons (Fsp3) is 0.316. The zero-order valence-corrected chi connectivity index (χ0v) is 18.0. The number of aromatic nitrogens is 3. The summed E-state index contributed by atoms with van der Waals surface area (Å²) in [5.74, 6) is 1.07. The Morgan fingerprint density at radius 1 is 1.41 bits per heavy atom. The Kier molecular flexibility index (Phi) is 5.88. The van der Waals surface area contributed by atoms with Crippen LogP contribution in [0, 0.1) is 6.92 Å². The highest BCUT2D eigenvalue weighted by Crippen LogP contribution is 2.33. The summed E-state index contributed by atoms with van der Waals surface area (Å²) in [6.45, 7) is 3.61. The molecule has 1 aromatic carbocycles. The van der Waals surface area contributed by atoms with Gasteiger partial charge in [-0.25, -0.2) is 9.78 Å². The molecule has 29 heavy (non-hydrogen) atoms. The molecule has 0 aliphatic carbocycles. The number of rotatable bonds is 5. The third-order valence-corrected chi connectivity index (χ3v) is 5.62. The van der Waals surface area contributed by atoms with Gasteiger partial charge in [-0.2, -0.15) is 0 Å². The van der Waals surface area contributed by atoms with Crippen molar-refractivity contribution in [3.63, 3.8) is 0 Å². The number of nitrogens with zero attached hydrogens (tertiary/aromatic N) is 4. The lowest BCUT2D eigenvalue weighted by atomic mass is 10.2. The molecule has 2 heterocycles. The number of carbonyl (C=O) groups is 2. The molecule has 0 fully saturated rings. The van der Waals surface area contributed by atoms with Crippen LogP contribution in [0.3, 0.4) is 0 Å². The molecule has 0 aliphatic heterocycles. The van der Waals surface area contributed by atoms with Gasteiger partial charge in [0.25, 0.3) is 0 Å². The monoisotopic (exact) mass is 436 g/mol. The maximum Gasteiger partial charge on any atom is 0.332 e. The minimum Gasteiger partial charge on any atom is -0.356 e. The Hall–Kier alpha value is -2.55. The number of carbonyl (C=O) groups excluding carboxylic acids is 2. The Bertz CT molecular complexity index is 1090. The van der Waals surface area contributed by atoms with Crippen molar-refractivity contribution in [1.29, 1.82) is 0 Å². The molecule has 1 atom stereocenters. The molecule has 0 radical (unpaired) electrons. The van der Waals surface area contributed by atoms with Crippen molar-refractivity contribution >= 4 is 52.4 Å². The average Bonchev–Trinajstić information content (AvgIpc) is 3.16. The molecule has 10 heteroatoms. The van der Waals surface area contributed by atoms with Gasteiger partial charge in [0.15, 0.2) is 5.82 Å². The molecule has 3 rings (SSSR count). The van der Waals surface area contributed by atoms with E-state index in [0.29, 0.717) is 39.2 Å². The Balaban J connectivity index is 1.90. The summed E-state index contributed by atoms with van der Waals surface area (Å²) in [6.07, 6.45) is 0.465. The van der Waals surface area contributed by atoms with Gasteiger partial charge in [0, 0.05) is 25.0 Å². The molecule has 0 saturated carbocycles. The first kappa shape index (κ1) is 21.2. The molecular formula is C19H22Cl2N6O2. The van der Waals surface area contributed by atoms with Crippen molar-refractivity contribution in [2.75, 3.05) is 11.9 Å². The number of aromatic amines is 1. The fourth-order valence-electron chi connectivity index (χ4n) is 3.24. The topological polar surface area (TPSA) is 100 Å². The molecule has 1 unspecified atom stereocenters. The second-order valence-electron chi connectivity index (χ2n) is 6.88. The van der Waals surface area contributed by atoms with Gasteiger partial charge in [-0.1, -0.05) is 29.3 Å². The van der Waals surface area contributed by atoms with Crippen molar-refractivity contribution in [3.8, 4) is 0 Å². The number of fused-ring (bicyclic) bond motifs is 1. The number of hydrogen-bond donors (Lipinski definition) is 2. The van der Waals surface area contributed by atoms with Gasteiger partial charge in [0.1, 0.15) is 5.82 Å². The quantitative estimate of drug-likeness (QED) is 0.594. The first-order valence-electron chi connectivity index (χ1n) is 8.90. The molecule has 8 nitrogen and oxygen atoms in total. The van der Waals surface area contributed by atoms with Crippen LogP contribution in [0.5, 0.6) is 0 Å². The third-order valence-electron chi connectivity index (χ3n) is 4.89. The normalized spacial score (nSPS) is 12.2. The van der Waals surface area contributed by atoms with Crippen LogP contribution in [0.25, 0.3) is 10.9 Å². The number of urea groups is 1. The number of halogens is 2. The maximum absolute atomic E-state index is 13.0. The van der Waals surface area contributed by atoms with Crippen LogP contribution in [-0.2, 0) is 18.4 Å². The highest BCUT2D eigenvalue weighted by atomic mass is 35.5. The van der Waals surface area contributed by atoms with Gasteiger partial charge < -0.3 is 15.3 Å². The van der Waals surface area contributed by atoms with Crippen LogP contribution < -0.4 is 10.6 Å². The Morgan fingerprint density at radius 3 is 2.66 bits per heavy atom. The Morgan fingerprint density at radius 2 is 2.10 bits per heavy atom. The van der Waals surface area contributed by atoms with Crippen molar-refractivity contribution in [1.82, 2.24) is 19.4 Å². The summed E-state index contributed by atoms with van der Waals surface area (Å²) in [5, 5.41) is 1.52. The number of nitrogens with one attached hydrogen (secondary N) is 1. The summed E-state index contributed by atoms with van der Waals surface area (Å²) < 4.78 is 1.82. The van der Waals surface area contributed by atoms with Crippen molar-refractivity contribution in [2.24, 2.45) is 12.8 Å². The van der Waals surface area contributed by atoms with E-state index < -0.39 is 6.03 Å². The number of benzene rings is 1. The van der Waals surface area contributed by atoms with Gasteiger partial charge in [-0.05, 0) is 26.0 Å². The lowest BCUT2D eigenvalue weighted by Crippen LogP contribution is -2.40. The first-order chi connectivity index (χ1) is 13.7. The molecular weight excluding hydrogens is 415 g/mol. The van der Waals surface area contributed by atoms with Crippen LogP contribution >= 0.6 is 23.2 Å². The van der Waals surface area contributed by atoms with Crippen molar-refractivity contribution < 1.29 is 9.59 Å². The SMILES string of the molecule is Cc1c(N(C)C(=O)N(C=O)Cc2[nH]c3cccc(Cl)c3c2Cl)nc(C(C)N)n1C. The smallest absolute Gasteiger partial charge is 0.332 e. The van der Waals surface area contributed by atoms with Gasteiger partial charge >= 0.3 is 6.03 Å². The molecule has 3 N–H and O–H groups in total. The van der Waals surface area contributed by atoms with E-state index in [2.05, 4.69) is 9.97 Å². The van der Waals surface area contributed by atoms with Crippen LogP contribution in [0.2, 0.25) is 10.0 Å². The van der Waals surface area contributed by atoms with Gasteiger partial charge in [-0.3, -0.25) is 14.6 Å². The van der Waals surface area contributed by atoms with Crippen molar-refractivity contribution in [2.45, 2.75) is 26.4 Å². The number of amides is 3. The summed E-state index contributed by atoms with van der Waals surface area (Å²) >= 11 is 12.7. The second-order valence-corrected chi connectivity index (χ2v) is 7.67. The zero-order valence-electron chi connectivity index (χ0n) is 16.5. The lowest BCUT2D eigenvalue weighted by Gasteiger charge is -2.22. The predicted molar refractivity (Wildman–Crippen MR) is 114 cm³/mol. The van der Waals surface area contributed by atoms with E-state index >= 15 is 0 Å². The van der Waals surface area contributed by atoms with E-state index in [1.165, 1.54) is 4.90 Å². The summed E-state index contributed by atoms with van der Waals surface area (Å²) in [7, 11) is 3.39. The first-order valence-corrected chi connectivity index (χ1v) is 9.65. The molecule has 2 aromatic heterocycles. The van der Waals surface area contributed by atoms with Gasteiger partial charge in [0.2, 0.25) is 6.41 Å². The molecule has 154 valence electrons. The molecule has 3 aromatic rings. The zero-order chi connectivity index (χ0) is 21.5. The second kappa shape index (κ2) is 8.06. The number of imidazole rings is 1. The molecule has 0 aliphatic rings. The number of imide groups is 1. The van der Waals surface area contributed by atoms with E-state index in [9.17, 15) is 9.59 Å². The van der Waals surface area contributed by atoms with E-state index in [-0.39, 0.29) is 12.6 Å². The highest BCUT2D eigenvalue weighted by Gasteiger charge is 2.26. The standard InChI is InChI=1S/C19H22Cl2N6O2/c1-10(22)17-24-18(11(2)25(17)3)26(4)19(29)27(9-28)8-14-16(21)15-12(20)6-5-7-13(15)23-14/h5-7,9-10,23H,8,22H2,1-4H3.